The Bertz CT molecular complexity index is 1090. The lowest BCUT2D eigenvalue weighted by atomic mass is 10.1. The van der Waals surface area contributed by atoms with Crippen LogP contribution in [0, 0.1) is 15.9 Å². The third-order valence-corrected chi connectivity index (χ3v) is 5.30. The molecule has 0 radical (unpaired) electrons. The van der Waals surface area contributed by atoms with Crippen LogP contribution in [0.15, 0.2) is 59.1 Å². The molecule has 31 heavy (non-hydrogen) atoms. The Morgan fingerprint density at radius 3 is 2.65 bits per heavy atom. The molecular weight excluding hydrogens is 403 g/mol. The number of rotatable bonds is 6. The number of non-ortho nitro benzene ring substituents is 1. The lowest BCUT2D eigenvalue weighted by Gasteiger charge is -2.34. The van der Waals surface area contributed by atoms with Crippen LogP contribution >= 0.6 is 0 Å². The van der Waals surface area contributed by atoms with Crippen LogP contribution in [-0.4, -0.2) is 58.3 Å². The van der Waals surface area contributed by atoms with Crippen LogP contribution in [0.2, 0.25) is 0 Å². The third-order valence-electron chi connectivity index (χ3n) is 5.30. The summed E-state index contributed by atoms with van der Waals surface area (Å²) in [5.74, 6) is 0.246. The standard InChI is InChI=1S/C22H21FN4O4/c23-19-7-2-1-6-18(19)22(28)26-12-10-25(11-13-26)9-8-21-24-15-20(31-21)16-4-3-5-17(14-16)27(29)30/h1-7,14-15H,8-13H2. The highest BCUT2D eigenvalue weighted by Gasteiger charge is 2.24. The lowest BCUT2D eigenvalue weighted by Crippen LogP contribution is -2.49. The largest absolute Gasteiger partial charge is 0.441 e. The van der Waals surface area contributed by atoms with Gasteiger partial charge in [-0.05, 0) is 12.1 Å². The van der Waals surface area contributed by atoms with Gasteiger partial charge < -0.3 is 9.32 Å². The maximum absolute atomic E-state index is 13.9. The van der Waals surface area contributed by atoms with E-state index in [0.717, 1.165) is 0 Å². The normalized spacial score (nSPS) is 14.5. The van der Waals surface area contributed by atoms with Crippen molar-refractivity contribution in [2.45, 2.75) is 6.42 Å². The van der Waals surface area contributed by atoms with Crippen molar-refractivity contribution in [3.8, 4) is 11.3 Å². The zero-order chi connectivity index (χ0) is 21.8. The Morgan fingerprint density at radius 1 is 1.13 bits per heavy atom. The first-order chi connectivity index (χ1) is 15.0. The highest BCUT2D eigenvalue weighted by molar-refractivity contribution is 5.94. The first kappa shape index (κ1) is 20.7. The Morgan fingerprint density at radius 2 is 1.90 bits per heavy atom. The van der Waals surface area contributed by atoms with Crippen molar-refractivity contribution in [3.63, 3.8) is 0 Å². The molecule has 1 fully saturated rings. The van der Waals surface area contributed by atoms with E-state index in [4.69, 9.17) is 4.42 Å². The number of nitro groups is 1. The van der Waals surface area contributed by atoms with Crippen LogP contribution in [0.5, 0.6) is 0 Å². The predicted octanol–water partition coefficient (Wildman–Crippen LogP) is 3.39. The van der Waals surface area contributed by atoms with Crippen LogP contribution in [-0.2, 0) is 6.42 Å². The number of hydrogen-bond acceptors (Lipinski definition) is 6. The third kappa shape index (κ3) is 4.77. The van der Waals surface area contributed by atoms with Crippen LogP contribution in [0.1, 0.15) is 16.2 Å². The molecule has 2 heterocycles. The SMILES string of the molecule is O=C(c1ccccc1F)N1CCN(CCc2ncc(-c3cccc([N+](=O)[O-])c3)o2)CC1. The van der Waals surface area contributed by atoms with E-state index in [1.54, 1.807) is 35.4 Å². The second-order valence-electron chi connectivity index (χ2n) is 7.29. The van der Waals surface area contributed by atoms with Gasteiger partial charge in [0.2, 0.25) is 0 Å². The zero-order valence-electron chi connectivity index (χ0n) is 16.7. The number of benzene rings is 2. The zero-order valence-corrected chi connectivity index (χ0v) is 16.7. The highest BCUT2D eigenvalue weighted by Crippen LogP contribution is 2.24. The van der Waals surface area contributed by atoms with Gasteiger partial charge in [-0.2, -0.15) is 0 Å². The Labute approximate surface area is 178 Å². The van der Waals surface area contributed by atoms with Gasteiger partial charge in [0.15, 0.2) is 11.7 Å². The second kappa shape index (κ2) is 9.05. The minimum absolute atomic E-state index is 0.00162. The van der Waals surface area contributed by atoms with Crippen LogP contribution in [0.3, 0.4) is 0 Å². The van der Waals surface area contributed by atoms with Crippen molar-refractivity contribution in [1.82, 2.24) is 14.8 Å². The molecule has 2 aromatic carbocycles. The molecule has 0 aliphatic carbocycles. The predicted molar refractivity (Wildman–Crippen MR) is 111 cm³/mol. The van der Waals surface area contributed by atoms with Crippen LogP contribution in [0.25, 0.3) is 11.3 Å². The van der Waals surface area contributed by atoms with Crippen molar-refractivity contribution in [1.29, 1.82) is 0 Å². The molecule has 0 saturated carbocycles. The van der Waals surface area contributed by atoms with E-state index in [-0.39, 0.29) is 17.2 Å². The molecule has 4 rings (SSSR count). The number of carbonyl (C=O) groups excluding carboxylic acids is 1. The van der Waals surface area contributed by atoms with E-state index in [9.17, 15) is 19.3 Å². The lowest BCUT2D eigenvalue weighted by molar-refractivity contribution is -0.384. The van der Waals surface area contributed by atoms with Crippen molar-refractivity contribution in [2.24, 2.45) is 0 Å². The summed E-state index contributed by atoms with van der Waals surface area (Å²) in [6.45, 7) is 3.11. The number of nitrogens with zero attached hydrogens (tertiary/aromatic N) is 4. The number of halogens is 1. The molecule has 0 unspecified atom stereocenters. The topological polar surface area (TPSA) is 92.7 Å². The first-order valence-electron chi connectivity index (χ1n) is 9.97. The molecule has 9 heteroatoms. The molecule has 8 nitrogen and oxygen atoms in total. The summed E-state index contributed by atoms with van der Waals surface area (Å²) in [6.07, 6.45) is 2.15. The van der Waals surface area contributed by atoms with E-state index in [1.807, 2.05) is 0 Å². The Hall–Kier alpha value is -3.59. The van der Waals surface area contributed by atoms with Crippen molar-refractivity contribution in [2.75, 3.05) is 32.7 Å². The molecule has 160 valence electrons. The molecule has 0 N–H and O–H groups in total. The van der Waals surface area contributed by atoms with E-state index < -0.39 is 10.7 Å². The summed E-state index contributed by atoms with van der Waals surface area (Å²) < 4.78 is 19.6. The maximum atomic E-state index is 13.9. The van der Waals surface area contributed by atoms with E-state index in [2.05, 4.69) is 9.88 Å². The van der Waals surface area contributed by atoms with Gasteiger partial charge in [0.1, 0.15) is 5.82 Å². The number of piperazine rings is 1. The average molecular weight is 424 g/mol. The number of oxazole rings is 1. The second-order valence-corrected chi connectivity index (χ2v) is 7.29. The number of amides is 1. The van der Waals surface area contributed by atoms with E-state index in [1.165, 1.54) is 24.3 Å². The molecule has 1 aliphatic rings. The van der Waals surface area contributed by atoms with Crippen LogP contribution < -0.4 is 0 Å². The summed E-state index contributed by atoms with van der Waals surface area (Å²) in [5, 5.41) is 10.9. The molecular formula is C22H21FN4O4. The number of hydrogen-bond donors (Lipinski definition) is 0. The quantitative estimate of drug-likeness (QED) is 0.445. The fourth-order valence-corrected chi connectivity index (χ4v) is 3.57. The monoisotopic (exact) mass is 424 g/mol. The van der Waals surface area contributed by atoms with Gasteiger partial charge in [-0.15, -0.1) is 0 Å². The maximum Gasteiger partial charge on any atom is 0.270 e. The molecule has 0 bridgehead atoms. The van der Waals surface area contributed by atoms with E-state index in [0.29, 0.717) is 56.4 Å². The van der Waals surface area contributed by atoms with Gasteiger partial charge in [0.25, 0.3) is 11.6 Å². The van der Waals surface area contributed by atoms with Gasteiger partial charge in [0, 0.05) is 56.8 Å². The molecule has 0 atom stereocenters. The summed E-state index contributed by atoms with van der Waals surface area (Å²) in [6, 6.07) is 12.3. The Kier molecular flexibility index (Phi) is 6.03. The summed E-state index contributed by atoms with van der Waals surface area (Å²) in [5.41, 5.74) is 0.705. The number of carbonyl (C=O) groups is 1. The molecule has 1 aliphatic heterocycles. The molecule has 3 aromatic rings. The summed E-state index contributed by atoms with van der Waals surface area (Å²) in [4.78, 5) is 31.1. The smallest absolute Gasteiger partial charge is 0.270 e. The summed E-state index contributed by atoms with van der Waals surface area (Å²) in [7, 11) is 0. The van der Waals surface area contributed by atoms with Crippen molar-refractivity contribution >= 4 is 11.6 Å². The number of nitro benzene ring substituents is 1. The van der Waals surface area contributed by atoms with Crippen LogP contribution in [0.4, 0.5) is 10.1 Å². The van der Waals surface area contributed by atoms with Gasteiger partial charge in [-0.25, -0.2) is 9.37 Å². The molecule has 1 aromatic heterocycles. The van der Waals surface area contributed by atoms with Gasteiger partial charge >= 0.3 is 0 Å². The Balaban J connectivity index is 1.30. The molecule has 0 spiro atoms. The van der Waals surface area contributed by atoms with Gasteiger partial charge in [0.05, 0.1) is 16.7 Å². The molecule has 1 saturated heterocycles. The van der Waals surface area contributed by atoms with Gasteiger partial charge in [-0.1, -0.05) is 24.3 Å². The fourth-order valence-electron chi connectivity index (χ4n) is 3.57. The first-order valence-corrected chi connectivity index (χ1v) is 9.97. The minimum atomic E-state index is -0.502. The fraction of sp³-hybridized carbons (Fsp3) is 0.273. The number of aromatic nitrogens is 1. The molecule has 1 amide bonds. The van der Waals surface area contributed by atoms with Crippen molar-refractivity contribution < 1.29 is 18.5 Å². The highest BCUT2D eigenvalue weighted by atomic mass is 19.1. The van der Waals surface area contributed by atoms with Crippen molar-refractivity contribution in [3.05, 3.63) is 82.1 Å². The minimum Gasteiger partial charge on any atom is -0.441 e. The van der Waals surface area contributed by atoms with E-state index >= 15 is 0 Å². The van der Waals surface area contributed by atoms with Gasteiger partial charge in [-0.3, -0.25) is 19.8 Å². The summed E-state index contributed by atoms with van der Waals surface area (Å²) >= 11 is 0. The average Bonchev–Trinajstić information content (AvgIpc) is 3.27.